The molecule has 1 amide bonds. The highest BCUT2D eigenvalue weighted by Gasteiger charge is 2.15. The van der Waals surface area contributed by atoms with Gasteiger partial charge in [0, 0.05) is 28.4 Å². The zero-order valence-electron chi connectivity index (χ0n) is 15.1. The lowest BCUT2D eigenvalue weighted by Crippen LogP contribution is -2.14. The molecule has 0 saturated carbocycles. The standard InChI is InChI=1S/C19H19N3O3S2/c1-11-12(2)27-19-17(11)18(20-10-21-19)26-9-16(23)22-13-4-5-14-15(8-13)25-7-3-6-24-14/h4-5,8,10H,3,6-7,9H2,1-2H3,(H,22,23). The maximum Gasteiger partial charge on any atom is 0.234 e. The van der Waals surface area contributed by atoms with Gasteiger partial charge >= 0.3 is 0 Å². The fraction of sp³-hybridized carbons (Fsp3) is 0.316. The van der Waals surface area contributed by atoms with E-state index in [4.69, 9.17) is 9.47 Å². The lowest BCUT2D eigenvalue weighted by atomic mass is 10.2. The number of nitrogens with zero attached hydrogens (tertiary/aromatic N) is 2. The second-order valence-corrected chi connectivity index (χ2v) is 8.36. The second-order valence-electron chi connectivity index (χ2n) is 6.19. The summed E-state index contributed by atoms with van der Waals surface area (Å²) in [5.41, 5.74) is 1.88. The Balaban J connectivity index is 1.44. The van der Waals surface area contributed by atoms with Gasteiger partial charge in [-0.1, -0.05) is 11.8 Å². The first-order valence-electron chi connectivity index (χ1n) is 8.65. The number of amides is 1. The van der Waals surface area contributed by atoms with Crippen molar-refractivity contribution in [1.29, 1.82) is 0 Å². The van der Waals surface area contributed by atoms with Gasteiger partial charge < -0.3 is 14.8 Å². The third-order valence-corrected chi connectivity index (χ3v) is 6.41. The molecule has 4 rings (SSSR count). The van der Waals surface area contributed by atoms with Gasteiger partial charge in [-0.05, 0) is 31.5 Å². The lowest BCUT2D eigenvalue weighted by Gasteiger charge is -2.10. The van der Waals surface area contributed by atoms with Crippen molar-refractivity contribution < 1.29 is 14.3 Å². The van der Waals surface area contributed by atoms with Crippen LogP contribution in [0.3, 0.4) is 0 Å². The Morgan fingerprint density at radius 2 is 2.04 bits per heavy atom. The third kappa shape index (κ3) is 3.86. The predicted molar refractivity (Wildman–Crippen MR) is 108 cm³/mol. The number of carbonyl (C=O) groups is 1. The molecule has 1 aliphatic heterocycles. The summed E-state index contributed by atoms with van der Waals surface area (Å²) in [6, 6.07) is 5.46. The maximum atomic E-state index is 12.4. The fourth-order valence-electron chi connectivity index (χ4n) is 2.83. The molecule has 0 aliphatic carbocycles. The number of nitrogens with one attached hydrogen (secondary N) is 1. The number of hydrogen-bond acceptors (Lipinski definition) is 7. The smallest absolute Gasteiger partial charge is 0.234 e. The Kier molecular flexibility index (Phi) is 5.18. The molecule has 0 saturated heterocycles. The molecule has 0 atom stereocenters. The van der Waals surface area contributed by atoms with Crippen molar-refractivity contribution in [3.05, 3.63) is 35.0 Å². The molecule has 0 unspecified atom stereocenters. The van der Waals surface area contributed by atoms with E-state index in [0.717, 1.165) is 21.7 Å². The van der Waals surface area contributed by atoms with E-state index in [0.29, 0.717) is 30.4 Å². The first-order chi connectivity index (χ1) is 13.1. The van der Waals surface area contributed by atoms with Crippen LogP contribution in [0.4, 0.5) is 5.69 Å². The number of rotatable bonds is 4. The summed E-state index contributed by atoms with van der Waals surface area (Å²) in [5, 5.41) is 4.81. The van der Waals surface area contributed by atoms with Gasteiger partial charge in [-0.25, -0.2) is 9.97 Å². The van der Waals surface area contributed by atoms with Gasteiger partial charge in [0.15, 0.2) is 11.5 Å². The van der Waals surface area contributed by atoms with E-state index in [-0.39, 0.29) is 11.7 Å². The van der Waals surface area contributed by atoms with Crippen LogP contribution in [-0.2, 0) is 4.79 Å². The largest absolute Gasteiger partial charge is 0.490 e. The Morgan fingerprint density at radius 1 is 1.22 bits per heavy atom. The zero-order chi connectivity index (χ0) is 18.8. The predicted octanol–water partition coefficient (Wildman–Crippen LogP) is 4.20. The van der Waals surface area contributed by atoms with Crippen molar-refractivity contribution >= 4 is 44.9 Å². The number of carbonyl (C=O) groups excluding carboxylic acids is 1. The van der Waals surface area contributed by atoms with Crippen LogP contribution >= 0.6 is 23.1 Å². The molecule has 2 aromatic heterocycles. The van der Waals surface area contributed by atoms with Gasteiger partial charge in [-0.3, -0.25) is 4.79 Å². The first kappa shape index (κ1) is 18.1. The second kappa shape index (κ2) is 7.74. The molecule has 1 N–H and O–H groups in total. The quantitative estimate of drug-likeness (QED) is 0.522. The molecule has 0 fully saturated rings. The number of benzene rings is 1. The van der Waals surface area contributed by atoms with Gasteiger partial charge in [0.25, 0.3) is 0 Å². The summed E-state index contributed by atoms with van der Waals surface area (Å²) < 4.78 is 11.3. The molecular formula is C19H19N3O3S2. The van der Waals surface area contributed by atoms with Crippen molar-refractivity contribution in [2.45, 2.75) is 25.3 Å². The van der Waals surface area contributed by atoms with E-state index >= 15 is 0 Å². The molecule has 0 spiro atoms. The lowest BCUT2D eigenvalue weighted by molar-refractivity contribution is -0.113. The number of ether oxygens (including phenoxy) is 2. The van der Waals surface area contributed by atoms with Crippen molar-refractivity contribution in [3.63, 3.8) is 0 Å². The van der Waals surface area contributed by atoms with E-state index < -0.39 is 0 Å². The Labute approximate surface area is 165 Å². The Hall–Kier alpha value is -2.32. The Bertz CT molecular complexity index is 1000. The normalized spacial score (nSPS) is 13.4. The highest BCUT2D eigenvalue weighted by molar-refractivity contribution is 8.00. The van der Waals surface area contributed by atoms with Crippen LogP contribution in [0.2, 0.25) is 0 Å². The average Bonchev–Trinajstić information content (AvgIpc) is 2.83. The van der Waals surface area contributed by atoms with Crippen LogP contribution in [0.1, 0.15) is 16.9 Å². The van der Waals surface area contributed by atoms with E-state index in [2.05, 4.69) is 29.1 Å². The van der Waals surface area contributed by atoms with Gasteiger partial charge in [0.2, 0.25) is 5.91 Å². The van der Waals surface area contributed by atoms with Crippen LogP contribution < -0.4 is 14.8 Å². The van der Waals surface area contributed by atoms with Gasteiger partial charge in [0.05, 0.1) is 19.0 Å². The minimum absolute atomic E-state index is 0.0918. The molecule has 27 heavy (non-hydrogen) atoms. The van der Waals surface area contributed by atoms with Crippen LogP contribution in [0, 0.1) is 13.8 Å². The average molecular weight is 402 g/mol. The summed E-state index contributed by atoms with van der Waals surface area (Å²) in [6.07, 6.45) is 2.41. The summed E-state index contributed by atoms with van der Waals surface area (Å²) in [5.74, 6) is 1.56. The molecule has 0 bridgehead atoms. The van der Waals surface area contributed by atoms with Crippen molar-refractivity contribution in [2.75, 3.05) is 24.3 Å². The summed E-state index contributed by atoms with van der Waals surface area (Å²) in [6.45, 7) is 5.40. The minimum atomic E-state index is -0.0918. The zero-order valence-corrected chi connectivity index (χ0v) is 16.7. The van der Waals surface area contributed by atoms with Crippen LogP contribution in [0.5, 0.6) is 11.5 Å². The molecule has 6 nitrogen and oxygen atoms in total. The third-order valence-electron chi connectivity index (χ3n) is 4.30. The fourth-order valence-corrected chi connectivity index (χ4v) is 4.75. The van der Waals surface area contributed by atoms with Crippen LogP contribution in [0.25, 0.3) is 10.2 Å². The molecule has 1 aliphatic rings. The number of aromatic nitrogens is 2. The number of thiophene rings is 1. The van der Waals surface area contributed by atoms with Crippen LogP contribution in [-0.4, -0.2) is 34.8 Å². The topological polar surface area (TPSA) is 73.3 Å². The van der Waals surface area contributed by atoms with E-state index in [1.54, 1.807) is 23.7 Å². The molecule has 140 valence electrons. The number of anilines is 1. The van der Waals surface area contributed by atoms with Gasteiger partial charge in [-0.15, -0.1) is 11.3 Å². The van der Waals surface area contributed by atoms with Crippen LogP contribution in [0.15, 0.2) is 29.6 Å². The van der Waals surface area contributed by atoms with E-state index in [1.807, 2.05) is 12.1 Å². The highest BCUT2D eigenvalue weighted by Crippen LogP contribution is 2.35. The van der Waals surface area contributed by atoms with Crippen molar-refractivity contribution in [2.24, 2.45) is 0 Å². The molecular weight excluding hydrogens is 382 g/mol. The Morgan fingerprint density at radius 3 is 2.89 bits per heavy atom. The molecule has 0 radical (unpaired) electrons. The van der Waals surface area contributed by atoms with Gasteiger partial charge in [0.1, 0.15) is 16.2 Å². The molecule has 3 aromatic rings. The summed E-state index contributed by atoms with van der Waals surface area (Å²) >= 11 is 3.08. The van der Waals surface area contributed by atoms with Crippen molar-refractivity contribution in [1.82, 2.24) is 9.97 Å². The van der Waals surface area contributed by atoms with E-state index in [1.165, 1.54) is 22.2 Å². The first-order valence-corrected chi connectivity index (χ1v) is 10.4. The molecule has 1 aromatic carbocycles. The maximum absolute atomic E-state index is 12.4. The number of aryl methyl sites for hydroxylation is 2. The SMILES string of the molecule is Cc1sc2ncnc(SCC(=O)Nc3ccc4c(c3)OCCCO4)c2c1C. The summed E-state index contributed by atoms with van der Waals surface area (Å²) in [7, 11) is 0. The monoisotopic (exact) mass is 401 g/mol. The number of thioether (sulfide) groups is 1. The number of hydrogen-bond donors (Lipinski definition) is 1. The van der Waals surface area contributed by atoms with Gasteiger partial charge in [-0.2, -0.15) is 0 Å². The summed E-state index contributed by atoms with van der Waals surface area (Å²) in [4.78, 5) is 23.3. The number of fused-ring (bicyclic) bond motifs is 2. The minimum Gasteiger partial charge on any atom is -0.490 e. The van der Waals surface area contributed by atoms with E-state index in [9.17, 15) is 4.79 Å². The highest BCUT2D eigenvalue weighted by atomic mass is 32.2. The van der Waals surface area contributed by atoms with Crippen molar-refractivity contribution in [3.8, 4) is 11.5 Å². The molecule has 3 heterocycles. The molecule has 8 heteroatoms.